The Morgan fingerprint density at radius 2 is 1.69 bits per heavy atom. The van der Waals surface area contributed by atoms with Gasteiger partial charge in [-0.05, 0) is 52.5 Å². The molecule has 0 spiro atoms. The molecule has 202 valence electrons. The third-order valence-corrected chi connectivity index (χ3v) is 7.26. The van der Waals surface area contributed by atoms with E-state index in [0.29, 0.717) is 32.2 Å². The van der Waals surface area contributed by atoms with Crippen LogP contribution >= 0.6 is 15.9 Å². The first-order valence-corrected chi connectivity index (χ1v) is 13.1. The highest BCUT2D eigenvalue weighted by Crippen LogP contribution is 2.37. The number of nitrogens with one attached hydrogen (secondary N) is 1. The van der Waals surface area contributed by atoms with E-state index in [0.717, 1.165) is 11.6 Å². The molecule has 0 aliphatic carbocycles. The number of aromatic nitrogens is 1. The highest BCUT2D eigenvalue weighted by molar-refractivity contribution is 9.10. The molecule has 1 heterocycles. The summed E-state index contributed by atoms with van der Waals surface area (Å²) in [5.74, 6) is -1.76. The van der Waals surface area contributed by atoms with E-state index in [-0.39, 0.29) is 24.9 Å². The van der Waals surface area contributed by atoms with E-state index in [4.69, 9.17) is 9.72 Å². The van der Waals surface area contributed by atoms with Crippen molar-refractivity contribution in [1.82, 2.24) is 10.3 Å². The van der Waals surface area contributed by atoms with E-state index in [1.165, 1.54) is 25.3 Å². The zero-order valence-corrected chi connectivity index (χ0v) is 22.9. The van der Waals surface area contributed by atoms with Crippen LogP contribution in [-0.2, 0) is 15.7 Å². The summed E-state index contributed by atoms with van der Waals surface area (Å²) in [5, 5.41) is 3.46. The van der Waals surface area contributed by atoms with Gasteiger partial charge in [0.2, 0.25) is 0 Å². The fourth-order valence-corrected chi connectivity index (χ4v) is 5.15. The number of hydrogen-bond donors (Lipinski definition) is 1. The molecule has 1 N–H and O–H groups in total. The number of nitrogens with zero attached hydrogens (tertiary/aromatic N) is 1. The first-order valence-electron chi connectivity index (χ1n) is 12.3. The maximum atomic E-state index is 13.8. The SMILES string of the molecule is COC(=O)CCC(CNC(=O)c1c(C)c(-c2ccccc2)nc2c(Br)cccc12)c1ccccc1C(F)(F)F. The summed E-state index contributed by atoms with van der Waals surface area (Å²) in [5.41, 5.74) is 2.30. The van der Waals surface area contributed by atoms with Gasteiger partial charge in [0, 0.05) is 34.3 Å². The summed E-state index contributed by atoms with van der Waals surface area (Å²) in [6.45, 7) is 1.69. The second kappa shape index (κ2) is 12.0. The number of ether oxygens (including phenoxy) is 1. The number of carbonyl (C=O) groups excluding carboxylic acids is 2. The second-order valence-corrected chi connectivity index (χ2v) is 9.92. The molecule has 1 amide bonds. The maximum absolute atomic E-state index is 13.8. The van der Waals surface area contributed by atoms with Crippen molar-refractivity contribution >= 4 is 38.7 Å². The third kappa shape index (κ3) is 6.30. The van der Waals surface area contributed by atoms with Gasteiger partial charge in [-0.25, -0.2) is 4.98 Å². The van der Waals surface area contributed by atoms with Crippen molar-refractivity contribution in [3.8, 4) is 11.3 Å². The predicted molar refractivity (Wildman–Crippen MR) is 147 cm³/mol. The van der Waals surface area contributed by atoms with E-state index in [1.807, 2.05) is 36.4 Å². The normalized spacial score (nSPS) is 12.3. The van der Waals surface area contributed by atoms with Crippen molar-refractivity contribution in [2.45, 2.75) is 31.9 Å². The Kier molecular flexibility index (Phi) is 8.70. The zero-order chi connectivity index (χ0) is 28.2. The highest BCUT2D eigenvalue weighted by atomic mass is 79.9. The summed E-state index contributed by atoms with van der Waals surface area (Å²) in [4.78, 5) is 30.4. The quantitative estimate of drug-likeness (QED) is 0.214. The highest BCUT2D eigenvalue weighted by Gasteiger charge is 2.35. The van der Waals surface area contributed by atoms with Crippen LogP contribution in [0.4, 0.5) is 13.2 Å². The molecule has 0 radical (unpaired) electrons. The molecule has 1 atom stereocenters. The maximum Gasteiger partial charge on any atom is 0.416 e. The zero-order valence-electron chi connectivity index (χ0n) is 21.3. The third-order valence-electron chi connectivity index (χ3n) is 6.62. The number of alkyl halides is 3. The van der Waals surface area contributed by atoms with E-state index in [9.17, 15) is 22.8 Å². The molecule has 5 nitrogen and oxygen atoms in total. The van der Waals surface area contributed by atoms with Crippen molar-refractivity contribution in [2.75, 3.05) is 13.7 Å². The van der Waals surface area contributed by atoms with Crippen LogP contribution in [0.3, 0.4) is 0 Å². The molecular weight excluding hydrogens is 573 g/mol. The van der Waals surface area contributed by atoms with Crippen LogP contribution in [0.2, 0.25) is 0 Å². The van der Waals surface area contributed by atoms with Gasteiger partial charge in [-0.1, -0.05) is 60.7 Å². The monoisotopic (exact) mass is 598 g/mol. The van der Waals surface area contributed by atoms with Crippen LogP contribution in [0, 0.1) is 6.92 Å². The number of halogens is 4. The van der Waals surface area contributed by atoms with Crippen LogP contribution in [0.15, 0.2) is 77.3 Å². The molecule has 4 aromatic rings. The Morgan fingerprint density at radius 3 is 2.38 bits per heavy atom. The smallest absolute Gasteiger partial charge is 0.416 e. The van der Waals surface area contributed by atoms with Crippen molar-refractivity contribution in [2.24, 2.45) is 0 Å². The van der Waals surface area contributed by atoms with Crippen LogP contribution in [-0.4, -0.2) is 30.5 Å². The van der Waals surface area contributed by atoms with Gasteiger partial charge < -0.3 is 10.1 Å². The Balaban J connectivity index is 1.73. The van der Waals surface area contributed by atoms with Gasteiger partial charge in [-0.15, -0.1) is 0 Å². The van der Waals surface area contributed by atoms with Gasteiger partial charge in [0.05, 0.1) is 29.4 Å². The molecule has 0 saturated carbocycles. The number of carbonyl (C=O) groups is 2. The molecule has 0 saturated heterocycles. The fourth-order valence-electron chi connectivity index (χ4n) is 4.69. The number of para-hydroxylation sites is 1. The minimum atomic E-state index is -4.58. The largest absolute Gasteiger partial charge is 0.469 e. The summed E-state index contributed by atoms with van der Waals surface area (Å²) >= 11 is 3.53. The van der Waals surface area contributed by atoms with Crippen LogP contribution in [0.1, 0.15) is 45.8 Å². The molecule has 3 aromatic carbocycles. The first-order chi connectivity index (χ1) is 18.6. The molecule has 0 bridgehead atoms. The predicted octanol–water partition coefficient (Wildman–Crippen LogP) is 7.46. The van der Waals surface area contributed by atoms with Gasteiger partial charge in [0.1, 0.15) is 0 Å². The Morgan fingerprint density at radius 1 is 1.00 bits per heavy atom. The van der Waals surface area contributed by atoms with Gasteiger partial charge >= 0.3 is 12.1 Å². The number of esters is 1. The number of fused-ring (bicyclic) bond motifs is 1. The molecular formula is C30H26BrF3N2O3. The molecule has 0 fully saturated rings. The van der Waals surface area contributed by atoms with Crippen molar-refractivity contribution in [3.05, 3.63) is 99.5 Å². The summed E-state index contributed by atoms with van der Waals surface area (Å²) < 4.78 is 46.9. The van der Waals surface area contributed by atoms with E-state index in [1.54, 1.807) is 19.1 Å². The molecule has 0 aliphatic rings. The standard InChI is InChI=1S/C30H26BrF3N2O3/c1-18-26(22-12-8-14-24(31)28(22)36-27(18)19-9-4-3-5-10-19)29(38)35-17-20(15-16-25(37)39-2)21-11-6-7-13-23(21)30(32,33)34/h3-14,20H,15-17H2,1-2H3,(H,35,38). The molecule has 39 heavy (non-hydrogen) atoms. The number of hydrogen-bond acceptors (Lipinski definition) is 4. The lowest BCUT2D eigenvalue weighted by Crippen LogP contribution is -2.30. The minimum Gasteiger partial charge on any atom is -0.469 e. The number of benzene rings is 3. The summed E-state index contributed by atoms with van der Waals surface area (Å²) in [6, 6.07) is 20.1. The van der Waals surface area contributed by atoms with Crippen LogP contribution in [0.25, 0.3) is 22.2 Å². The Hall–Kier alpha value is -3.72. The molecule has 0 aliphatic heterocycles. The number of pyridine rings is 1. The van der Waals surface area contributed by atoms with E-state index in [2.05, 4.69) is 21.2 Å². The van der Waals surface area contributed by atoms with E-state index >= 15 is 0 Å². The van der Waals surface area contributed by atoms with Gasteiger partial charge in [-0.2, -0.15) is 13.2 Å². The Bertz CT molecular complexity index is 1510. The first kappa shape index (κ1) is 28.3. The van der Waals surface area contributed by atoms with Crippen LogP contribution in [0.5, 0.6) is 0 Å². The topological polar surface area (TPSA) is 68.3 Å². The van der Waals surface area contributed by atoms with Gasteiger partial charge in [0.15, 0.2) is 0 Å². The van der Waals surface area contributed by atoms with Crippen molar-refractivity contribution in [1.29, 1.82) is 0 Å². The average Bonchev–Trinajstić information content (AvgIpc) is 2.92. The molecule has 9 heteroatoms. The molecule has 1 aromatic heterocycles. The molecule has 4 rings (SSSR count). The van der Waals surface area contributed by atoms with Gasteiger partial charge in [0.25, 0.3) is 5.91 Å². The van der Waals surface area contributed by atoms with Crippen LogP contribution < -0.4 is 5.32 Å². The lowest BCUT2D eigenvalue weighted by atomic mass is 9.89. The average molecular weight is 599 g/mol. The number of rotatable bonds is 8. The summed E-state index contributed by atoms with van der Waals surface area (Å²) in [6.07, 6.45) is -4.61. The summed E-state index contributed by atoms with van der Waals surface area (Å²) in [7, 11) is 1.22. The van der Waals surface area contributed by atoms with Crippen molar-refractivity contribution < 1.29 is 27.5 Å². The number of methoxy groups -OCH3 is 1. The van der Waals surface area contributed by atoms with Crippen molar-refractivity contribution in [3.63, 3.8) is 0 Å². The lowest BCUT2D eigenvalue weighted by molar-refractivity contribution is -0.140. The Labute approximate surface area is 232 Å². The number of amides is 1. The minimum absolute atomic E-state index is 0.0123. The second-order valence-electron chi connectivity index (χ2n) is 9.07. The van der Waals surface area contributed by atoms with Gasteiger partial charge in [-0.3, -0.25) is 9.59 Å². The van der Waals surface area contributed by atoms with E-state index < -0.39 is 29.5 Å². The fraction of sp³-hybridized carbons (Fsp3) is 0.233. The molecule has 1 unspecified atom stereocenters. The lowest BCUT2D eigenvalue weighted by Gasteiger charge is -2.23.